The zero-order valence-electron chi connectivity index (χ0n) is 29.0. The highest BCUT2D eigenvalue weighted by Gasteiger charge is 2.26. The van der Waals surface area contributed by atoms with Gasteiger partial charge in [-0.15, -0.1) is 0 Å². The molecule has 0 aliphatic rings. The van der Waals surface area contributed by atoms with Gasteiger partial charge in [-0.3, -0.25) is 14.8 Å². The van der Waals surface area contributed by atoms with Crippen molar-refractivity contribution in [3.8, 4) is 23.3 Å². The quantitative estimate of drug-likeness (QED) is 0.0676. The Bertz CT molecular complexity index is 1850. The molecule has 0 bridgehead atoms. The van der Waals surface area contributed by atoms with Crippen molar-refractivity contribution in [1.82, 2.24) is 9.97 Å². The number of benzene rings is 3. The van der Waals surface area contributed by atoms with E-state index in [-0.39, 0.29) is 62.2 Å². The SMILES string of the molecule is CC(=O)c1cc(OCCOCCOc2c(Cl)cc(C(C)(C)c3ccc(OCc4ccnc(N(C)O)n4)cc3)cc2C#N)ccc1C(=O)C(C)C. The minimum atomic E-state index is -0.502. The van der Waals surface area contributed by atoms with E-state index in [1.54, 1.807) is 56.4 Å². The third kappa shape index (κ3) is 9.57. The maximum atomic E-state index is 12.4. The Morgan fingerprint density at radius 1 is 0.920 bits per heavy atom. The van der Waals surface area contributed by atoms with Crippen LogP contribution in [0.1, 0.15) is 77.7 Å². The molecule has 1 heterocycles. The first kappa shape index (κ1) is 37.8. The molecule has 0 saturated carbocycles. The van der Waals surface area contributed by atoms with Crippen molar-refractivity contribution in [1.29, 1.82) is 5.26 Å². The number of carbonyl (C=O) groups excluding carboxylic acids is 2. The Morgan fingerprint density at radius 2 is 1.60 bits per heavy atom. The van der Waals surface area contributed by atoms with Gasteiger partial charge in [-0.2, -0.15) is 5.26 Å². The smallest absolute Gasteiger partial charge is 0.249 e. The number of anilines is 1. The maximum Gasteiger partial charge on any atom is 0.249 e. The van der Waals surface area contributed by atoms with E-state index in [2.05, 4.69) is 16.0 Å². The third-order valence-corrected chi connectivity index (χ3v) is 8.25. The summed E-state index contributed by atoms with van der Waals surface area (Å²) in [5.41, 5.74) is 2.97. The molecular weight excluding hydrogens is 660 g/mol. The van der Waals surface area contributed by atoms with E-state index >= 15 is 0 Å². The number of nitriles is 1. The molecule has 12 heteroatoms. The van der Waals surface area contributed by atoms with Crippen LogP contribution in [-0.4, -0.2) is 60.2 Å². The van der Waals surface area contributed by atoms with Crippen LogP contribution < -0.4 is 19.3 Å². The van der Waals surface area contributed by atoms with Crippen molar-refractivity contribution in [3.05, 3.63) is 105 Å². The zero-order chi connectivity index (χ0) is 36.4. The molecule has 11 nitrogen and oxygen atoms in total. The molecule has 4 rings (SSSR count). The highest BCUT2D eigenvalue weighted by atomic mass is 35.5. The van der Waals surface area contributed by atoms with Crippen molar-refractivity contribution in [2.75, 3.05) is 38.5 Å². The third-order valence-electron chi connectivity index (χ3n) is 7.97. The summed E-state index contributed by atoms with van der Waals surface area (Å²) in [5.74, 6) is 1.05. The predicted molar refractivity (Wildman–Crippen MR) is 189 cm³/mol. The van der Waals surface area contributed by atoms with Crippen LogP contribution >= 0.6 is 11.6 Å². The second kappa shape index (κ2) is 17.1. The molecule has 1 N–H and O–H groups in total. The number of Topliss-reactive ketones (excluding diaryl/α,β-unsaturated/α-hetero) is 2. The summed E-state index contributed by atoms with van der Waals surface area (Å²) in [6, 6.07) is 20.0. The lowest BCUT2D eigenvalue weighted by Gasteiger charge is -2.27. The Hall–Kier alpha value is -5.02. The van der Waals surface area contributed by atoms with Gasteiger partial charge in [0.25, 0.3) is 0 Å². The topological polar surface area (TPSA) is 144 Å². The number of aromatic nitrogens is 2. The minimum Gasteiger partial charge on any atom is -0.491 e. The molecule has 0 aliphatic carbocycles. The number of hydrogen-bond donors (Lipinski definition) is 1. The first-order valence-electron chi connectivity index (χ1n) is 16.1. The molecule has 0 atom stereocenters. The number of carbonyl (C=O) groups is 2. The van der Waals surface area contributed by atoms with Crippen LogP contribution in [0.5, 0.6) is 17.2 Å². The maximum absolute atomic E-state index is 12.4. The molecule has 50 heavy (non-hydrogen) atoms. The Balaban J connectivity index is 1.29. The van der Waals surface area contributed by atoms with E-state index in [1.165, 1.54) is 14.0 Å². The molecule has 4 aromatic rings. The molecule has 0 unspecified atom stereocenters. The molecule has 262 valence electrons. The molecule has 3 aromatic carbocycles. The van der Waals surface area contributed by atoms with Crippen molar-refractivity contribution in [3.63, 3.8) is 0 Å². The lowest BCUT2D eigenvalue weighted by molar-refractivity contribution is 0.0763. The van der Waals surface area contributed by atoms with Crippen molar-refractivity contribution < 1.29 is 33.7 Å². The average Bonchev–Trinajstić information content (AvgIpc) is 3.10. The van der Waals surface area contributed by atoms with Crippen molar-refractivity contribution >= 4 is 29.1 Å². The zero-order valence-corrected chi connectivity index (χ0v) is 29.8. The fourth-order valence-electron chi connectivity index (χ4n) is 5.05. The summed E-state index contributed by atoms with van der Waals surface area (Å²) in [7, 11) is 1.44. The van der Waals surface area contributed by atoms with Gasteiger partial charge < -0.3 is 18.9 Å². The van der Waals surface area contributed by atoms with E-state index in [4.69, 9.17) is 30.5 Å². The Labute approximate surface area is 297 Å². The van der Waals surface area contributed by atoms with Gasteiger partial charge in [0.2, 0.25) is 5.95 Å². The summed E-state index contributed by atoms with van der Waals surface area (Å²) >= 11 is 6.64. The summed E-state index contributed by atoms with van der Waals surface area (Å²) in [6.45, 7) is 10.2. The van der Waals surface area contributed by atoms with Gasteiger partial charge in [-0.25, -0.2) is 15.0 Å². The predicted octanol–water partition coefficient (Wildman–Crippen LogP) is 7.25. The summed E-state index contributed by atoms with van der Waals surface area (Å²) < 4.78 is 23.1. The summed E-state index contributed by atoms with van der Waals surface area (Å²) in [4.78, 5) is 32.8. The van der Waals surface area contributed by atoms with Crippen LogP contribution in [0, 0.1) is 17.2 Å². The van der Waals surface area contributed by atoms with E-state index in [1.807, 2.05) is 38.1 Å². The molecule has 0 radical (unpaired) electrons. The monoisotopic (exact) mass is 700 g/mol. The van der Waals surface area contributed by atoms with Gasteiger partial charge in [-0.1, -0.05) is 51.4 Å². The molecular formula is C38H41ClN4O7. The molecule has 0 aliphatic heterocycles. The molecule has 1 aromatic heterocycles. The fourth-order valence-corrected chi connectivity index (χ4v) is 5.32. The van der Waals surface area contributed by atoms with E-state index in [0.29, 0.717) is 38.9 Å². The van der Waals surface area contributed by atoms with Crippen LogP contribution in [0.3, 0.4) is 0 Å². The Kier molecular flexibility index (Phi) is 12.9. The fraction of sp³-hybridized carbons (Fsp3) is 0.342. The number of hydrogen-bond acceptors (Lipinski definition) is 11. The normalized spacial score (nSPS) is 11.2. The van der Waals surface area contributed by atoms with Gasteiger partial charge in [-0.05, 0) is 66.6 Å². The van der Waals surface area contributed by atoms with E-state index < -0.39 is 5.41 Å². The molecule has 0 amide bonds. The highest BCUT2D eigenvalue weighted by molar-refractivity contribution is 6.32. The summed E-state index contributed by atoms with van der Waals surface area (Å²) in [6.07, 6.45) is 1.55. The number of ketones is 2. The second-order valence-corrected chi connectivity index (χ2v) is 12.8. The average molecular weight is 701 g/mol. The van der Waals surface area contributed by atoms with Gasteiger partial charge in [0.05, 0.1) is 29.5 Å². The standard InChI is InChI=1S/C38H41ClN4O7/c1-24(2)35(45)32-12-11-31(21-33(32)25(3)44)48-17-15-47-16-18-49-36-26(22-40)19-28(20-34(36)39)38(4,5)27-7-9-30(10-8-27)50-23-29-13-14-41-37(42-29)43(6)46/h7-14,19-21,24,46H,15-18,23H2,1-6H3. The second-order valence-electron chi connectivity index (χ2n) is 12.3. The van der Waals surface area contributed by atoms with Gasteiger partial charge >= 0.3 is 0 Å². The molecule has 0 spiro atoms. The number of ether oxygens (including phenoxy) is 4. The van der Waals surface area contributed by atoms with Crippen LogP contribution in [0.15, 0.2) is 66.9 Å². The Morgan fingerprint density at radius 3 is 2.24 bits per heavy atom. The van der Waals surface area contributed by atoms with Crippen LogP contribution in [0.4, 0.5) is 5.95 Å². The number of hydroxylamine groups is 1. The summed E-state index contributed by atoms with van der Waals surface area (Å²) in [5, 5.41) is 20.6. The van der Waals surface area contributed by atoms with Crippen LogP contribution in [0.2, 0.25) is 5.02 Å². The van der Waals surface area contributed by atoms with Crippen LogP contribution in [0.25, 0.3) is 0 Å². The van der Waals surface area contributed by atoms with Crippen molar-refractivity contribution in [2.24, 2.45) is 5.92 Å². The first-order valence-corrected chi connectivity index (χ1v) is 16.4. The van der Waals surface area contributed by atoms with Crippen LogP contribution in [-0.2, 0) is 16.8 Å². The first-order chi connectivity index (χ1) is 23.8. The highest BCUT2D eigenvalue weighted by Crippen LogP contribution is 2.38. The lowest BCUT2D eigenvalue weighted by atomic mass is 9.77. The van der Waals surface area contributed by atoms with Gasteiger partial charge in [0, 0.05) is 35.7 Å². The van der Waals surface area contributed by atoms with Gasteiger partial charge in [0.15, 0.2) is 17.3 Å². The van der Waals surface area contributed by atoms with Crippen molar-refractivity contribution in [2.45, 2.75) is 46.6 Å². The van der Waals surface area contributed by atoms with Gasteiger partial charge in [0.1, 0.15) is 37.4 Å². The number of nitrogens with zero attached hydrogens (tertiary/aromatic N) is 4. The molecule has 0 fully saturated rings. The minimum absolute atomic E-state index is 0.0935. The largest absolute Gasteiger partial charge is 0.491 e. The van der Waals surface area contributed by atoms with E-state index in [0.717, 1.165) is 16.2 Å². The lowest BCUT2D eigenvalue weighted by Crippen LogP contribution is -2.19. The number of halogens is 1. The van der Waals surface area contributed by atoms with E-state index in [9.17, 15) is 20.1 Å². The molecule has 0 saturated heterocycles. The number of rotatable bonds is 17.